The molecule has 176 valence electrons. The van der Waals surface area contributed by atoms with Crippen molar-refractivity contribution in [2.24, 2.45) is 5.41 Å². The van der Waals surface area contributed by atoms with Gasteiger partial charge in [-0.1, -0.05) is 6.07 Å². The van der Waals surface area contributed by atoms with Crippen molar-refractivity contribution in [3.8, 4) is 0 Å². The highest BCUT2D eigenvalue weighted by Gasteiger charge is 2.56. The summed E-state index contributed by atoms with van der Waals surface area (Å²) >= 11 is 0. The van der Waals surface area contributed by atoms with Crippen LogP contribution in [0.1, 0.15) is 43.5 Å². The molecule has 7 nitrogen and oxygen atoms in total. The predicted octanol–water partition coefficient (Wildman–Crippen LogP) is 2.87. The summed E-state index contributed by atoms with van der Waals surface area (Å²) in [5.74, 6) is -3.07. The molecule has 11 heteroatoms. The smallest absolute Gasteiger partial charge is 0.475 e. The van der Waals surface area contributed by atoms with E-state index in [1.54, 1.807) is 4.90 Å². The molecule has 1 unspecified atom stereocenters. The summed E-state index contributed by atoms with van der Waals surface area (Å²) in [6.45, 7) is 4.06. The summed E-state index contributed by atoms with van der Waals surface area (Å²) in [6.07, 6.45) is -2.14. The van der Waals surface area contributed by atoms with E-state index in [-0.39, 0.29) is 5.91 Å². The molecule has 3 aliphatic rings. The van der Waals surface area contributed by atoms with E-state index in [0.29, 0.717) is 39.0 Å². The molecule has 1 spiro atoms. The largest absolute Gasteiger partial charge is 0.490 e. The molecule has 2 aliphatic heterocycles. The maximum atomic E-state index is 14.2. The summed E-state index contributed by atoms with van der Waals surface area (Å²) in [6, 6.07) is 5.82. The van der Waals surface area contributed by atoms with Gasteiger partial charge >= 0.3 is 12.1 Å². The van der Waals surface area contributed by atoms with Gasteiger partial charge in [-0.15, -0.1) is 0 Å². The van der Waals surface area contributed by atoms with Gasteiger partial charge in [-0.2, -0.15) is 13.2 Å². The maximum absolute atomic E-state index is 14.2. The van der Waals surface area contributed by atoms with Gasteiger partial charge in [-0.25, -0.2) is 9.18 Å². The van der Waals surface area contributed by atoms with Crippen molar-refractivity contribution in [1.82, 2.24) is 14.8 Å². The Hall–Kier alpha value is -2.72. The van der Waals surface area contributed by atoms with Crippen molar-refractivity contribution in [1.29, 1.82) is 0 Å². The fourth-order valence-corrected chi connectivity index (χ4v) is 4.22. The summed E-state index contributed by atoms with van der Waals surface area (Å²) in [4.78, 5) is 42.2. The van der Waals surface area contributed by atoms with Crippen molar-refractivity contribution in [2.45, 2.75) is 57.4 Å². The Labute approximate surface area is 182 Å². The first-order valence-electron chi connectivity index (χ1n) is 10.4. The van der Waals surface area contributed by atoms with E-state index in [4.69, 9.17) is 9.90 Å². The first kappa shape index (κ1) is 23.9. The lowest BCUT2D eigenvalue weighted by Gasteiger charge is -2.39. The van der Waals surface area contributed by atoms with E-state index in [1.165, 1.54) is 0 Å². The minimum atomic E-state index is -5.08. The number of carbonyl (C=O) groups excluding carboxylic acids is 2. The second kappa shape index (κ2) is 8.67. The fraction of sp³-hybridized carbons (Fsp3) is 0.619. The summed E-state index contributed by atoms with van der Waals surface area (Å²) < 4.78 is 45.9. The molecule has 2 amide bonds. The van der Waals surface area contributed by atoms with E-state index < -0.39 is 29.1 Å². The number of aliphatic carboxylic acids is 1. The summed E-state index contributed by atoms with van der Waals surface area (Å²) in [5.41, 5.74) is -0.352. The Morgan fingerprint density at radius 1 is 1.16 bits per heavy atom. The maximum Gasteiger partial charge on any atom is 0.490 e. The van der Waals surface area contributed by atoms with Crippen LogP contribution in [-0.4, -0.2) is 69.2 Å². The SMILES string of the molecule is Cc1cccc(CN2CCC3(CCCN(C(=O)C4(F)CC4)C3)C2=O)n1.O=C(O)C(F)(F)F. The van der Waals surface area contributed by atoms with E-state index in [0.717, 1.165) is 30.7 Å². The fourth-order valence-electron chi connectivity index (χ4n) is 4.22. The van der Waals surface area contributed by atoms with Crippen LogP contribution in [0.15, 0.2) is 18.2 Å². The number of rotatable bonds is 3. The molecule has 1 aromatic rings. The average Bonchev–Trinajstić information content (AvgIpc) is 3.42. The number of pyridine rings is 1. The van der Waals surface area contributed by atoms with Crippen LogP contribution in [0.25, 0.3) is 0 Å². The third-order valence-corrected chi connectivity index (χ3v) is 6.08. The molecule has 0 aromatic carbocycles. The lowest BCUT2D eigenvalue weighted by Crippen LogP contribution is -2.52. The lowest BCUT2D eigenvalue weighted by atomic mass is 9.78. The molecular weight excluding hydrogens is 434 g/mol. The van der Waals surface area contributed by atoms with Crippen LogP contribution in [0, 0.1) is 12.3 Å². The number of carboxylic acids is 1. The van der Waals surface area contributed by atoms with Crippen molar-refractivity contribution >= 4 is 17.8 Å². The third kappa shape index (κ3) is 5.18. The van der Waals surface area contributed by atoms with Crippen LogP contribution < -0.4 is 0 Å². The highest BCUT2D eigenvalue weighted by Crippen LogP contribution is 2.45. The van der Waals surface area contributed by atoms with Crippen LogP contribution in [0.4, 0.5) is 17.6 Å². The number of halogens is 4. The minimum Gasteiger partial charge on any atom is -0.475 e. The topological polar surface area (TPSA) is 90.8 Å². The van der Waals surface area contributed by atoms with Gasteiger partial charge in [0.15, 0.2) is 5.67 Å². The van der Waals surface area contributed by atoms with Gasteiger partial charge in [0, 0.05) is 25.3 Å². The van der Waals surface area contributed by atoms with Crippen molar-refractivity contribution < 1.29 is 37.1 Å². The number of hydrogen-bond donors (Lipinski definition) is 1. The van der Waals surface area contributed by atoms with Gasteiger partial charge in [0.25, 0.3) is 5.91 Å². The average molecular weight is 459 g/mol. The number of hydrogen-bond acceptors (Lipinski definition) is 4. The molecule has 1 aromatic heterocycles. The first-order valence-corrected chi connectivity index (χ1v) is 10.4. The zero-order valence-corrected chi connectivity index (χ0v) is 17.6. The number of aryl methyl sites for hydroxylation is 1. The highest BCUT2D eigenvalue weighted by atomic mass is 19.4. The van der Waals surface area contributed by atoms with Gasteiger partial charge < -0.3 is 14.9 Å². The molecule has 0 radical (unpaired) electrons. The van der Waals surface area contributed by atoms with E-state index in [2.05, 4.69) is 4.98 Å². The quantitative estimate of drug-likeness (QED) is 0.702. The number of piperidine rings is 1. The Morgan fingerprint density at radius 3 is 2.38 bits per heavy atom. The molecule has 1 saturated carbocycles. The van der Waals surface area contributed by atoms with Crippen LogP contribution >= 0.6 is 0 Å². The summed E-state index contributed by atoms with van der Waals surface area (Å²) in [7, 11) is 0. The Morgan fingerprint density at radius 2 is 1.81 bits per heavy atom. The molecule has 1 aliphatic carbocycles. The number of aromatic nitrogens is 1. The van der Waals surface area contributed by atoms with Gasteiger partial charge in [-0.05, 0) is 51.2 Å². The molecule has 3 fully saturated rings. The molecule has 1 N–H and O–H groups in total. The second-order valence-electron chi connectivity index (χ2n) is 8.63. The molecule has 2 saturated heterocycles. The Balaban J connectivity index is 0.000000360. The van der Waals surface area contributed by atoms with Gasteiger partial charge in [0.05, 0.1) is 17.7 Å². The highest BCUT2D eigenvalue weighted by molar-refractivity contribution is 5.90. The molecule has 32 heavy (non-hydrogen) atoms. The Bertz CT molecular complexity index is 903. The zero-order chi connectivity index (χ0) is 23.7. The molecule has 1 atom stereocenters. The second-order valence-corrected chi connectivity index (χ2v) is 8.63. The van der Waals surface area contributed by atoms with Gasteiger partial charge in [0.2, 0.25) is 5.91 Å². The number of amides is 2. The Kier molecular flexibility index (Phi) is 6.48. The lowest BCUT2D eigenvalue weighted by molar-refractivity contribution is -0.192. The number of nitrogens with zero attached hydrogens (tertiary/aromatic N) is 3. The number of carboxylic acid groups (broad SMARTS) is 1. The molecular formula is C21H25F4N3O4. The van der Waals surface area contributed by atoms with E-state index in [1.807, 2.05) is 30.0 Å². The van der Waals surface area contributed by atoms with Crippen molar-refractivity contribution in [3.05, 3.63) is 29.6 Å². The number of likely N-dealkylation sites (tertiary alicyclic amines) is 2. The third-order valence-electron chi connectivity index (χ3n) is 6.08. The van der Waals surface area contributed by atoms with Gasteiger partial charge in [-0.3, -0.25) is 14.6 Å². The van der Waals surface area contributed by atoms with Crippen molar-refractivity contribution in [3.63, 3.8) is 0 Å². The standard InChI is InChI=1S/C19H24FN3O2.C2HF3O2/c1-14-4-2-5-15(21-14)12-22-11-9-18(16(22)24)6-3-10-23(13-18)17(25)19(20)7-8-19;3-2(4,5)1(6)7/h2,4-5H,3,6-13H2,1H3;(H,6,7). The minimum absolute atomic E-state index is 0.0945. The van der Waals surface area contributed by atoms with Crippen LogP contribution in [0.3, 0.4) is 0 Å². The first-order chi connectivity index (χ1) is 14.9. The van der Waals surface area contributed by atoms with Crippen molar-refractivity contribution in [2.75, 3.05) is 19.6 Å². The molecule has 0 bridgehead atoms. The van der Waals surface area contributed by atoms with Crippen LogP contribution in [-0.2, 0) is 20.9 Å². The number of alkyl halides is 4. The number of carbonyl (C=O) groups is 3. The molecule has 3 heterocycles. The van der Waals surface area contributed by atoms with E-state index >= 15 is 0 Å². The molecule has 4 rings (SSSR count). The monoisotopic (exact) mass is 459 g/mol. The summed E-state index contributed by atoms with van der Waals surface area (Å²) in [5, 5.41) is 7.12. The normalized spacial score (nSPS) is 24.2. The van der Waals surface area contributed by atoms with Gasteiger partial charge in [0.1, 0.15) is 0 Å². The van der Waals surface area contributed by atoms with Crippen LogP contribution in [0.5, 0.6) is 0 Å². The predicted molar refractivity (Wildman–Crippen MR) is 104 cm³/mol. The van der Waals surface area contributed by atoms with Crippen LogP contribution in [0.2, 0.25) is 0 Å². The van der Waals surface area contributed by atoms with E-state index in [9.17, 15) is 27.2 Å². The zero-order valence-electron chi connectivity index (χ0n) is 17.6.